The second-order valence-corrected chi connectivity index (χ2v) is 2.08. The zero-order chi connectivity index (χ0) is 9.14. The molecule has 0 fully saturated rings. The van der Waals surface area contributed by atoms with Crippen molar-refractivity contribution in [3.8, 4) is 11.8 Å². The van der Waals surface area contributed by atoms with Crippen molar-refractivity contribution in [1.82, 2.24) is 0 Å². The van der Waals surface area contributed by atoms with Crippen LogP contribution in [-0.2, 0) is 0 Å². The predicted molar refractivity (Wildman–Crippen MR) is 37.6 cm³/mol. The molecule has 0 atom stereocenters. The van der Waals surface area contributed by atoms with Crippen molar-refractivity contribution in [2.75, 3.05) is 7.11 Å². The van der Waals surface area contributed by atoms with Crippen LogP contribution in [0.25, 0.3) is 0 Å². The first-order valence-electron chi connectivity index (χ1n) is 3.12. The Balaban J connectivity index is 3.36. The monoisotopic (exact) mass is 169 g/mol. The largest absolute Gasteiger partial charge is 0.492 e. The second kappa shape index (κ2) is 3.18. The Labute approximate surface area is 68.0 Å². The number of halogens is 2. The first-order chi connectivity index (χ1) is 5.69. The summed E-state index contributed by atoms with van der Waals surface area (Å²) in [5.41, 5.74) is -0.144. The average Bonchev–Trinajstić information content (AvgIpc) is 2.03. The highest BCUT2D eigenvalue weighted by molar-refractivity contribution is 5.44. The van der Waals surface area contributed by atoms with Crippen LogP contribution in [0.4, 0.5) is 8.78 Å². The molecule has 0 radical (unpaired) electrons. The van der Waals surface area contributed by atoms with Crippen molar-refractivity contribution < 1.29 is 13.5 Å². The summed E-state index contributed by atoms with van der Waals surface area (Å²) in [5, 5.41) is 8.44. The summed E-state index contributed by atoms with van der Waals surface area (Å²) in [4.78, 5) is 0. The van der Waals surface area contributed by atoms with Crippen LogP contribution in [0.2, 0.25) is 0 Å². The standard InChI is InChI=1S/C8H5F2NO/c1-12-8-5(4-11)2-6(9)3-7(8)10/h2-3H,1H3. The maximum Gasteiger partial charge on any atom is 0.172 e. The van der Waals surface area contributed by atoms with Gasteiger partial charge in [0.1, 0.15) is 11.9 Å². The van der Waals surface area contributed by atoms with E-state index in [-0.39, 0.29) is 11.3 Å². The molecule has 2 nitrogen and oxygen atoms in total. The SMILES string of the molecule is COc1c(F)cc(F)cc1C#N. The van der Waals surface area contributed by atoms with Crippen molar-refractivity contribution in [3.05, 3.63) is 29.3 Å². The van der Waals surface area contributed by atoms with E-state index in [1.165, 1.54) is 7.11 Å². The van der Waals surface area contributed by atoms with Gasteiger partial charge in [-0.3, -0.25) is 0 Å². The Morgan fingerprint density at radius 1 is 1.42 bits per heavy atom. The molecule has 0 bridgehead atoms. The van der Waals surface area contributed by atoms with E-state index in [0.29, 0.717) is 6.07 Å². The Morgan fingerprint density at radius 2 is 2.08 bits per heavy atom. The molecule has 0 N–H and O–H groups in total. The van der Waals surface area contributed by atoms with Crippen LogP contribution in [0, 0.1) is 23.0 Å². The second-order valence-electron chi connectivity index (χ2n) is 2.08. The smallest absolute Gasteiger partial charge is 0.172 e. The zero-order valence-corrected chi connectivity index (χ0v) is 6.27. The Morgan fingerprint density at radius 3 is 2.58 bits per heavy atom. The Bertz CT molecular complexity index is 344. The first-order valence-corrected chi connectivity index (χ1v) is 3.12. The molecule has 0 spiro atoms. The number of ether oxygens (including phenoxy) is 1. The van der Waals surface area contributed by atoms with Gasteiger partial charge in [-0.1, -0.05) is 0 Å². The van der Waals surface area contributed by atoms with Gasteiger partial charge in [-0.2, -0.15) is 5.26 Å². The molecule has 0 aliphatic carbocycles. The topological polar surface area (TPSA) is 33.0 Å². The molecule has 0 aliphatic rings. The molecule has 0 saturated heterocycles. The lowest BCUT2D eigenvalue weighted by Crippen LogP contribution is -1.93. The Hall–Kier alpha value is -1.63. The number of nitrogens with zero attached hydrogens (tertiary/aromatic N) is 1. The summed E-state index contributed by atoms with van der Waals surface area (Å²) < 4.78 is 29.8. The minimum absolute atomic E-state index is 0.144. The van der Waals surface area contributed by atoms with E-state index in [4.69, 9.17) is 5.26 Å². The fraction of sp³-hybridized carbons (Fsp3) is 0.125. The molecule has 62 valence electrons. The van der Waals surface area contributed by atoms with Crippen molar-refractivity contribution >= 4 is 0 Å². The fourth-order valence-corrected chi connectivity index (χ4v) is 0.851. The minimum atomic E-state index is -0.867. The van der Waals surface area contributed by atoms with Crippen LogP contribution in [0.5, 0.6) is 5.75 Å². The molecular weight excluding hydrogens is 164 g/mol. The number of benzene rings is 1. The molecule has 1 aromatic rings. The predicted octanol–water partition coefficient (Wildman–Crippen LogP) is 1.85. The van der Waals surface area contributed by atoms with Crippen LogP contribution in [0.3, 0.4) is 0 Å². The quantitative estimate of drug-likeness (QED) is 0.642. The molecular formula is C8H5F2NO. The molecule has 1 rings (SSSR count). The zero-order valence-electron chi connectivity index (χ0n) is 6.27. The molecule has 0 aliphatic heterocycles. The number of rotatable bonds is 1. The van der Waals surface area contributed by atoms with Crippen LogP contribution in [0.1, 0.15) is 5.56 Å². The summed E-state index contributed by atoms with van der Waals surface area (Å²) in [6.45, 7) is 0. The van der Waals surface area contributed by atoms with Crippen molar-refractivity contribution in [2.24, 2.45) is 0 Å². The van der Waals surface area contributed by atoms with Crippen LogP contribution >= 0.6 is 0 Å². The maximum absolute atomic E-state index is 12.8. The summed E-state index contributed by atoms with van der Waals surface area (Å²) in [5.74, 6) is -1.88. The van der Waals surface area contributed by atoms with Gasteiger partial charge < -0.3 is 4.74 Å². The van der Waals surface area contributed by atoms with Gasteiger partial charge in [0.2, 0.25) is 0 Å². The number of hydrogen-bond donors (Lipinski definition) is 0. The average molecular weight is 169 g/mol. The molecule has 0 amide bonds. The number of hydrogen-bond acceptors (Lipinski definition) is 2. The lowest BCUT2D eigenvalue weighted by Gasteiger charge is -2.02. The van der Waals surface area contributed by atoms with Crippen molar-refractivity contribution in [1.29, 1.82) is 5.26 Å². The minimum Gasteiger partial charge on any atom is -0.492 e. The van der Waals surface area contributed by atoms with Gasteiger partial charge in [0.05, 0.1) is 12.7 Å². The van der Waals surface area contributed by atoms with Gasteiger partial charge in [-0.05, 0) is 6.07 Å². The third kappa shape index (κ3) is 1.35. The third-order valence-electron chi connectivity index (χ3n) is 1.33. The summed E-state index contributed by atoms with van der Waals surface area (Å²) in [6, 6.07) is 3.21. The molecule has 0 unspecified atom stereocenters. The number of methoxy groups -OCH3 is 1. The lowest BCUT2D eigenvalue weighted by molar-refractivity contribution is 0.382. The molecule has 1 aromatic carbocycles. The van der Waals surface area contributed by atoms with Gasteiger partial charge in [0.25, 0.3) is 0 Å². The van der Waals surface area contributed by atoms with Gasteiger partial charge in [0, 0.05) is 6.07 Å². The summed E-state index contributed by atoms with van der Waals surface area (Å²) >= 11 is 0. The van der Waals surface area contributed by atoms with E-state index in [0.717, 1.165) is 6.07 Å². The summed E-state index contributed by atoms with van der Waals surface area (Å²) in [7, 11) is 1.22. The number of nitriles is 1. The molecule has 0 heterocycles. The van der Waals surface area contributed by atoms with E-state index >= 15 is 0 Å². The highest BCUT2D eigenvalue weighted by atomic mass is 19.1. The fourth-order valence-electron chi connectivity index (χ4n) is 0.851. The lowest BCUT2D eigenvalue weighted by atomic mass is 10.2. The van der Waals surface area contributed by atoms with E-state index < -0.39 is 11.6 Å². The van der Waals surface area contributed by atoms with E-state index in [1.54, 1.807) is 6.07 Å². The molecule has 12 heavy (non-hydrogen) atoms. The molecule has 0 aromatic heterocycles. The van der Waals surface area contributed by atoms with E-state index in [2.05, 4.69) is 4.74 Å². The summed E-state index contributed by atoms with van der Waals surface area (Å²) in [6.07, 6.45) is 0. The molecule has 0 saturated carbocycles. The normalized spacial score (nSPS) is 9.17. The van der Waals surface area contributed by atoms with Crippen molar-refractivity contribution in [3.63, 3.8) is 0 Å². The van der Waals surface area contributed by atoms with Gasteiger partial charge in [0.15, 0.2) is 11.6 Å². The van der Waals surface area contributed by atoms with Gasteiger partial charge in [-0.15, -0.1) is 0 Å². The van der Waals surface area contributed by atoms with E-state index in [1.807, 2.05) is 0 Å². The van der Waals surface area contributed by atoms with Crippen LogP contribution in [-0.4, -0.2) is 7.11 Å². The highest BCUT2D eigenvalue weighted by Gasteiger charge is 2.10. The van der Waals surface area contributed by atoms with Crippen molar-refractivity contribution in [2.45, 2.75) is 0 Å². The van der Waals surface area contributed by atoms with Crippen LogP contribution < -0.4 is 4.74 Å². The Kier molecular flexibility index (Phi) is 2.24. The van der Waals surface area contributed by atoms with Crippen LogP contribution in [0.15, 0.2) is 12.1 Å². The highest BCUT2D eigenvalue weighted by Crippen LogP contribution is 2.22. The van der Waals surface area contributed by atoms with Gasteiger partial charge >= 0.3 is 0 Å². The van der Waals surface area contributed by atoms with E-state index in [9.17, 15) is 8.78 Å². The maximum atomic E-state index is 12.8. The first kappa shape index (κ1) is 8.47. The van der Waals surface area contributed by atoms with Gasteiger partial charge in [-0.25, -0.2) is 8.78 Å². The molecule has 4 heteroatoms. The third-order valence-corrected chi connectivity index (χ3v) is 1.33.